The summed E-state index contributed by atoms with van der Waals surface area (Å²) in [5, 5.41) is 12.7. The number of carboxylic acid groups (broad SMARTS) is 1. The zero-order valence-corrected chi connectivity index (χ0v) is 12.7. The number of carbonyl (C=O) groups is 2. The summed E-state index contributed by atoms with van der Waals surface area (Å²) in [6, 6.07) is 8.57. The maximum atomic E-state index is 12.2. The number of nitrogens with one attached hydrogen (secondary N) is 1. The third-order valence-corrected chi connectivity index (χ3v) is 3.41. The number of benzene rings is 1. The largest absolute Gasteiger partial charge is 0.480 e. The van der Waals surface area contributed by atoms with Gasteiger partial charge in [0.15, 0.2) is 0 Å². The lowest BCUT2D eigenvalue weighted by Gasteiger charge is -2.16. The smallest absolute Gasteiger partial charge is 0.326 e. The predicted octanol–water partition coefficient (Wildman–Crippen LogP) is 2.39. The van der Waals surface area contributed by atoms with Crippen molar-refractivity contribution in [2.75, 3.05) is 0 Å². The Morgan fingerprint density at radius 1 is 1.23 bits per heavy atom. The van der Waals surface area contributed by atoms with Crippen LogP contribution in [0.5, 0.6) is 0 Å². The molecule has 22 heavy (non-hydrogen) atoms. The number of nitrogens with zero attached hydrogens (tertiary/aromatic N) is 1. The minimum absolute atomic E-state index is 0.121. The van der Waals surface area contributed by atoms with Crippen molar-refractivity contribution in [1.82, 2.24) is 10.3 Å². The molecule has 0 bridgehead atoms. The second-order valence-electron chi connectivity index (χ2n) is 5.76. The van der Waals surface area contributed by atoms with E-state index in [-0.39, 0.29) is 18.2 Å². The highest BCUT2D eigenvalue weighted by atomic mass is 16.4. The number of fused-ring (bicyclic) bond motifs is 1. The SMILES string of the molecule is CC(C)C[C@@H](NC(=O)Cc1cccc2cccnc12)C(=O)O. The van der Waals surface area contributed by atoms with Crippen LogP contribution in [0, 0.1) is 5.92 Å². The molecule has 0 saturated carbocycles. The summed E-state index contributed by atoms with van der Waals surface area (Å²) < 4.78 is 0. The number of carboxylic acids is 1. The number of aliphatic carboxylic acids is 1. The van der Waals surface area contributed by atoms with Gasteiger partial charge in [-0.05, 0) is 24.0 Å². The summed E-state index contributed by atoms with van der Waals surface area (Å²) in [6.07, 6.45) is 2.22. The normalized spacial score (nSPS) is 12.3. The van der Waals surface area contributed by atoms with Crippen LogP contribution in [-0.2, 0) is 16.0 Å². The molecule has 0 spiro atoms. The predicted molar refractivity (Wildman–Crippen MR) is 84.5 cm³/mol. The van der Waals surface area contributed by atoms with Gasteiger partial charge in [0.1, 0.15) is 6.04 Å². The molecule has 0 unspecified atom stereocenters. The Bertz CT molecular complexity index is 677. The number of aromatic nitrogens is 1. The number of rotatable bonds is 6. The summed E-state index contributed by atoms with van der Waals surface area (Å²) in [5.41, 5.74) is 1.57. The molecule has 0 radical (unpaired) electrons. The Labute approximate surface area is 129 Å². The second kappa shape index (κ2) is 7.02. The van der Waals surface area contributed by atoms with Gasteiger partial charge in [-0.3, -0.25) is 9.78 Å². The Kier molecular flexibility index (Phi) is 5.09. The fourth-order valence-corrected chi connectivity index (χ4v) is 2.42. The Hall–Kier alpha value is -2.43. The first kappa shape index (κ1) is 15.9. The van der Waals surface area contributed by atoms with E-state index in [1.165, 1.54) is 0 Å². The van der Waals surface area contributed by atoms with E-state index in [4.69, 9.17) is 0 Å². The molecule has 1 aromatic carbocycles. The van der Waals surface area contributed by atoms with Crippen molar-refractivity contribution in [3.8, 4) is 0 Å². The molecule has 0 aliphatic carbocycles. The van der Waals surface area contributed by atoms with Gasteiger partial charge in [0.25, 0.3) is 0 Å². The van der Waals surface area contributed by atoms with Crippen LogP contribution in [0.2, 0.25) is 0 Å². The Morgan fingerprint density at radius 3 is 2.64 bits per heavy atom. The van der Waals surface area contributed by atoms with E-state index >= 15 is 0 Å². The fraction of sp³-hybridized carbons (Fsp3) is 0.353. The minimum Gasteiger partial charge on any atom is -0.480 e. The summed E-state index contributed by atoms with van der Waals surface area (Å²) in [5.74, 6) is -1.11. The summed E-state index contributed by atoms with van der Waals surface area (Å²) >= 11 is 0. The lowest BCUT2D eigenvalue weighted by Crippen LogP contribution is -2.42. The molecule has 116 valence electrons. The van der Waals surface area contributed by atoms with Gasteiger partial charge in [0.05, 0.1) is 11.9 Å². The molecule has 1 amide bonds. The van der Waals surface area contributed by atoms with Gasteiger partial charge in [0, 0.05) is 11.6 Å². The first-order valence-corrected chi connectivity index (χ1v) is 7.32. The van der Waals surface area contributed by atoms with Crippen LogP contribution in [0.1, 0.15) is 25.8 Å². The van der Waals surface area contributed by atoms with Crippen molar-refractivity contribution in [3.05, 3.63) is 42.1 Å². The minimum atomic E-state index is -1.00. The van der Waals surface area contributed by atoms with E-state index < -0.39 is 12.0 Å². The fourth-order valence-electron chi connectivity index (χ4n) is 2.42. The molecular weight excluding hydrogens is 280 g/mol. The average Bonchev–Trinajstić information content (AvgIpc) is 2.46. The van der Waals surface area contributed by atoms with Gasteiger partial charge in [-0.25, -0.2) is 4.79 Å². The van der Waals surface area contributed by atoms with Gasteiger partial charge in [-0.1, -0.05) is 38.1 Å². The highest BCUT2D eigenvalue weighted by molar-refractivity contribution is 5.89. The van der Waals surface area contributed by atoms with Gasteiger partial charge in [-0.2, -0.15) is 0 Å². The van der Waals surface area contributed by atoms with E-state index in [2.05, 4.69) is 10.3 Å². The van der Waals surface area contributed by atoms with Crippen LogP contribution in [0.15, 0.2) is 36.5 Å². The third kappa shape index (κ3) is 4.04. The van der Waals surface area contributed by atoms with Gasteiger partial charge in [0.2, 0.25) is 5.91 Å². The van der Waals surface area contributed by atoms with E-state index in [9.17, 15) is 14.7 Å². The van der Waals surface area contributed by atoms with Crippen molar-refractivity contribution >= 4 is 22.8 Å². The average molecular weight is 300 g/mol. The highest BCUT2D eigenvalue weighted by Crippen LogP contribution is 2.16. The van der Waals surface area contributed by atoms with Gasteiger partial charge >= 0.3 is 5.97 Å². The van der Waals surface area contributed by atoms with Crippen LogP contribution < -0.4 is 5.32 Å². The molecule has 0 aliphatic rings. The van der Waals surface area contributed by atoms with Crippen molar-refractivity contribution in [1.29, 1.82) is 0 Å². The van der Waals surface area contributed by atoms with E-state index in [0.717, 1.165) is 16.5 Å². The molecule has 5 nitrogen and oxygen atoms in total. The van der Waals surface area contributed by atoms with E-state index in [1.54, 1.807) is 6.20 Å². The maximum Gasteiger partial charge on any atom is 0.326 e. The molecule has 5 heteroatoms. The number of carbonyl (C=O) groups excluding carboxylic acids is 1. The molecule has 1 heterocycles. The standard InChI is InChI=1S/C17H20N2O3/c1-11(2)9-14(17(21)22)19-15(20)10-13-6-3-5-12-7-4-8-18-16(12)13/h3-8,11,14H,9-10H2,1-2H3,(H,19,20)(H,21,22)/t14-/m1/s1. The molecule has 0 fully saturated rings. The summed E-state index contributed by atoms with van der Waals surface area (Å²) in [7, 11) is 0. The molecule has 0 saturated heterocycles. The molecule has 2 N–H and O–H groups in total. The zero-order valence-electron chi connectivity index (χ0n) is 12.7. The van der Waals surface area contributed by atoms with Crippen molar-refractivity contribution in [2.45, 2.75) is 32.7 Å². The van der Waals surface area contributed by atoms with Crippen LogP contribution in [0.4, 0.5) is 0 Å². The van der Waals surface area contributed by atoms with Crippen LogP contribution in [0.3, 0.4) is 0 Å². The maximum absolute atomic E-state index is 12.2. The molecule has 2 aromatic rings. The number of pyridine rings is 1. The highest BCUT2D eigenvalue weighted by Gasteiger charge is 2.21. The van der Waals surface area contributed by atoms with Gasteiger partial charge < -0.3 is 10.4 Å². The quantitative estimate of drug-likeness (QED) is 0.858. The number of amides is 1. The van der Waals surface area contributed by atoms with Crippen LogP contribution in [-0.4, -0.2) is 28.0 Å². The number of para-hydroxylation sites is 1. The number of hydrogen-bond acceptors (Lipinski definition) is 3. The number of hydrogen-bond donors (Lipinski definition) is 2. The van der Waals surface area contributed by atoms with Gasteiger partial charge in [-0.15, -0.1) is 0 Å². The molecule has 2 rings (SSSR count). The molecular formula is C17H20N2O3. The zero-order chi connectivity index (χ0) is 16.1. The first-order chi connectivity index (χ1) is 10.5. The Balaban J connectivity index is 2.12. The lowest BCUT2D eigenvalue weighted by molar-refractivity contribution is -0.142. The monoisotopic (exact) mass is 300 g/mol. The summed E-state index contributed by atoms with van der Waals surface area (Å²) in [6.45, 7) is 3.85. The van der Waals surface area contributed by atoms with Crippen molar-refractivity contribution in [3.63, 3.8) is 0 Å². The topological polar surface area (TPSA) is 79.3 Å². The van der Waals surface area contributed by atoms with E-state index in [0.29, 0.717) is 6.42 Å². The molecule has 1 atom stereocenters. The van der Waals surface area contributed by atoms with E-state index in [1.807, 2.05) is 44.2 Å². The summed E-state index contributed by atoms with van der Waals surface area (Å²) in [4.78, 5) is 27.7. The molecule has 0 aliphatic heterocycles. The lowest BCUT2D eigenvalue weighted by atomic mass is 10.0. The van der Waals surface area contributed by atoms with Crippen LogP contribution >= 0.6 is 0 Å². The van der Waals surface area contributed by atoms with Crippen LogP contribution in [0.25, 0.3) is 10.9 Å². The molecule has 1 aromatic heterocycles. The Morgan fingerprint density at radius 2 is 1.95 bits per heavy atom. The second-order valence-corrected chi connectivity index (χ2v) is 5.76. The van der Waals surface area contributed by atoms with Crippen molar-refractivity contribution < 1.29 is 14.7 Å². The first-order valence-electron chi connectivity index (χ1n) is 7.32. The van der Waals surface area contributed by atoms with Crippen molar-refractivity contribution in [2.24, 2.45) is 5.92 Å². The third-order valence-electron chi connectivity index (χ3n) is 3.41.